The van der Waals surface area contributed by atoms with Crippen LogP contribution in [-0.2, 0) is 32.3 Å². The molecule has 0 amide bonds. The highest BCUT2D eigenvalue weighted by molar-refractivity contribution is 7.48. The van der Waals surface area contributed by atoms with E-state index in [1.807, 2.05) is 0 Å². The average Bonchev–Trinajstić information content (AvgIpc) is 3.53. The Bertz CT molecular complexity index is 1530. The molecule has 2 aromatic heterocycles. The number of aromatic nitrogens is 4. The van der Waals surface area contributed by atoms with E-state index in [0.717, 1.165) is 0 Å². The number of carbonyl (C=O) groups excluding carboxylic acids is 1. The lowest BCUT2D eigenvalue weighted by molar-refractivity contribution is -0.0924. The summed E-state index contributed by atoms with van der Waals surface area (Å²) in [4.78, 5) is 24.8. The highest BCUT2D eigenvalue weighted by Crippen LogP contribution is 2.58. The number of hydrogen-bond donors (Lipinski definition) is 1. The molecule has 0 aliphatic carbocycles. The first-order valence-corrected chi connectivity index (χ1v) is 14.1. The fraction of sp³-hybridized carbons (Fsp3) is 0.478. The van der Waals surface area contributed by atoms with E-state index >= 15 is 0 Å². The van der Waals surface area contributed by atoms with Crippen LogP contribution in [0.1, 0.15) is 38.2 Å². The van der Waals surface area contributed by atoms with Crippen LogP contribution < -0.4 is 10.5 Å². The van der Waals surface area contributed by atoms with Gasteiger partial charge in [-0.05, 0) is 31.5 Å². The number of ether oxygens (including phenoxy) is 4. The first kappa shape index (κ1) is 27.1. The highest BCUT2D eigenvalue weighted by Gasteiger charge is 2.64. The molecule has 40 heavy (non-hydrogen) atoms. The van der Waals surface area contributed by atoms with Crippen molar-refractivity contribution in [2.75, 3.05) is 25.6 Å². The van der Waals surface area contributed by atoms with E-state index < -0.39 is 49.9 Å². The maximum absolute atomic E-state index is 13.6. The molecule has 1 aromatic carbocycles. The molecule has 6 atom stereocenters. The van der Waals surface area contributed by atoms with E-state index in [9.17, 15) is 13.8 Å². The van der Waals surface area contributed by atoms with Crippen molar-refractivity contribution in [3.05, 3.63) is 40.9 Å². The number of nitrogens with two attached hydrogens (primary N) is 1. The van der Waals surface area contributed by atoms with Crippen LogP contribution in [0.25, 0.3) is 11.2 Å². The monoisotopic (exact) mass is 599 g/mol. The maximum atomic E-state index is 13.6. The van der Waals surface area contributed by atoms with Crippen LogP contribution in [-0.4, -0.2) is 63.3 Å². The van der Waals surface area contributed by atoms with Crippen LogP contribution in [0.4, 0.5) is 15.1 Å². The van der Waals surface area contributed by atoms with E-state index in [0.29, 0.717) is 17.5 Å². The summed E-state index contributed by atoms with van der Waals surface area (Å²) >= 11 is 5.89. The van der Waals surface area contributed by atoms with Gasteiger partial charge < -0.3 is 24.7 Å². The van der Waals surface area contributed by atoms with Gasteiger partial charge in [-0.3, -0.25) is 18.1 Å². The molecule has 3 fully saturated rings. The number of rotatable bonds is 7. The number of carbonyl (C=O) groups is 1. The van der Waals surface area contributed by atoms with Crippen LogP contribution in [0.5, 0.6) is 5.88 Å². The van der Waals surface area contributed by atoms with Crippen LogP contribution in [0.2, 0.25) is 5.02 Å². The zero-order valence-corrected chi connectivity index (χ0v) is 22.8. The zero-order valence-electron chi connectivity index (χ0n) is 21.2. The third-order valence-corrected chi connectivity index (χ3v) is 8.53. The molecule has 17 heteroatoms. The van der Waals surface area contributed by atoms with Gasteiger partial charge in [-0.15, -0.1) is 0 Å². The number of hydrogen-bond acceptors (Lipinski definition) is 13. The minimum Gasteiger partial charge on any atom is -0.476 e. The lowest BCUT2D eigenvalue weighted by atomic mass is 9.96. The molecule has 0 saturated carbocycles. The topological polar surface area (TPSA) is 168 Å². The molecule has 214 valence electrons. The Kier molecular flexibility index (Phi) is 6.84. The summed E-state index contributed by atoms with van der Waals surface area (Å²) in [5.41, 5.74) is 5.56. The van der Waals surface area contributed by atoms with Crippen LogP contribution >= 0.6 is 19.4 Å². The van der Waals surface area contributed by atoms with Gasteiger partial charge in [-0.25, -0.2) is 18.7 Å². The molecule has 3 aliphatic rings. The highest BCUT2D eigenvalue weighted by atomic mass is 35.5. The Morgan fingerprint density at radius 1 is 1.35 bits per heavy atom. The van der Waals surface area contributed by atoms with Crippen LogP contribution in [0, 0.1) is 5.82 Å². The van der Waals surface area contributed by atoms with Crippen molar-refractivity contribution in [3.63, 3.8) is 0 Å². The van der Waals surface area contributed by atoms with Crippen molar-refractivity contribution >= 4 is 42.7 Å². The Labute approximate surface area is 231 Å². The summed E-state index contributed by atoms with van der Waals surface area (Å²) in [6.07, 6.45) is -2.76. The number of phosphoric acid groups is 1. The molecule has 14 nitrogen and oxygen atoms in total. The summed E-state index contributed by atoms with van der Waals surface area (Å²) in [6, 6.07) is 4.07. The van der Waals surface area contributed by atoms with Gasteiger partial charge in [0, 0.05) is 6.42 Å². The zero-order chi connectivity index (χ0) is 28.2. The lowest BCUT2D eigenvalue weighted by Crippen LogP contribution is -2.42. The molecular weight excluding hydrogens is 576 g/mol. The van der Waals surface area contributed by atoms with Gasteiger partial charge in [-0.2, -0.15) is 9.97 Å². The molecule has 0 bridgehead atoms. The quantitative estimate of drug-likeness (QED) is 0.305. The third kappa shape index (κ3) is 4.66. The predicted octanol–water partition coefficient (Wildman–Crippen LogP) is 4.09. The summed E-state index contributed by atoms with van der Waals surface area (Å²) in [6.45, 7) is 3.39. The van der Waals surface area contributed by atoms with E-state index in [1.54, 1.807) is 18.4 Å². The van der Waals surface area contributed by atoms with Crippen molar-refractivity contribution in [1.82, 2.24) is 19.5 Å². The minimum atomic E-state index is -4.10. The molecule has 2 N–H and O–H groups in total. The van der Waals surface area contributed by atoms with Gasteiger partial charge in [0.2, 0.25) is 11.8 Å². The predicted molar refractivity (Wildman–Crippen MR) is 134 cm³/mol. The van der Waals surface area contributed by atoms with Gasteiger partial charge in [0.15, 0.2) is 29.1 Å². The summed E-state index contributed by atoms with van der Waals surface area (Å²) < 4.78 is 68.0. The normalized spacial score (nSPS) is 31.6. The first-order valence-electron chi connectivity index (χ1n) is 12.3. The Balaban J connectivity index is 1.24. The number of benzene rings is 1. The molecule has 3 saturated heterocycles. The largest absolute Gasteiger partial charge is 0.509 e. The van der Waals surface area contributed by atoms with E-state index in [-0.39, 0.29) is 42.3 Å². The first-order chi connectivity index (χ1) is 19.1. The number of phosphoric ester groups is 1. The Morgan fingerprint density at radius 2 is 2.17 bits per heavy atom. The smallest absolute Gasteiger partial charge is 0.476 e. The lowest BCUT2D eigenvalue weighted by Gasteiger charge is -2.30. The second-order valence-electron chi connectivity index (χ2n) is 9.38. The molecular formula is C23H24ClFN5O9P. The van der Waals surface area contributed by atoms with E-state index in [4.69, 9.17) is 49.9 Å². The minimum absolute atomic E-state index is 0.0297. The maximum Gasteiger partial charge on any atom is 0.509 e. The number of fused-ring (bicyclic) bond motifs is 2. The molecule has 6 rings (SSSR count). The van der Waals surface area contributed by atoms with Crippen molar-refractivity contribution in [1.29, 1.82) is 0 Å². The van der Waals surface area contributed by atoms with Gasteiger partial charge in [0.1, 0.15) is 18.2 Å². The van der Waals surface area contributed by atoms with E-state index in [2.05, 4.69) is 15.0 Å². The Hall–Kier alpha value is -3.07. The standard InChI is InChI=1S/C23H24ClFN5O9P/c1-3-33-19-16-18(28-21(26)29-19)27-10-30(16)20-23(2)17(37-22(31)38-23)15(36-20)9-35-40(32)34-7-6-14(39-40)11-4-5-13(25)12(24)8-11/h4-5,8,10,14-15,17,20H,3,6-7,9H2,1-2H3,(H2,26,28,29)/t14-,15+,17+,20+,23+,40+/m0/s1. The van der Waals surface area contributed by atoms with Crippen LogP contribution in [0.15, 0.2) is 24.5 Å². The molecule has 3 aromatic rings. The van der Waals surface area contributed by atoms with Crippen molar-refractivity contribution in [2.45, 2.75) is 50.4 Å². The number of imidazole rings is 1. The van der Waals surface area contributed by atoms with Gasteiger partial charge >= 0.3 is 14.0 Å². The Morgan fingerprint density at radius 3 is 2.95 bits per heavy atom. The molecule has 3 aliphatic heterocycles. The van der Waals surface area contributed by atoms with Gasteiger partial charge in [0.25, 0.3) is 0 Å². The summed E-state index contributed by atoms with van der Waals surface area (Å²) in [7, 11) is -4.10. The van der Waals surface area contributed by atoms with Crippen molar-refractivity contribution in [3.8, 4) is 5.88 Å². The van der Waals surface area contributed by atoms with Gasteiger partial charge in [-0.1, -0.05) is 17.7 Å². The second-order valence-corrected chi connectivity index (χ2v) is 11.4. The molecule has 0 radical (unpaired) electrons. The third-order valence-electron chi connectivity index (χ3n) is 6.77. The van der Waals surface area contributed by atoms with Crippen LogP contribution in [0.3, 0.4) is 0 Å². The SMILES string of the molecule is CCOc1nc(N)nc2ncn([C@@H]3O[C@H](CO[P@@]4(=O)OCC[C@@H](c5ccc(F)c(Cl)c5)O4)[C@H]4OC(=O)O[C@]43C)c12. The summed E-state index contributed by atoms with van der Waals surface area (Å²) in [5.74, 6) is -0.454. The number of nitrogen functional groups attached to an aromatic ring is 1. The van der Waals surface area contributed by atoms with Crippen molar-refractivity contribution < 1.29 is 46.3 Å². The molecule has 0 unspecified atom stereocenters. The average molecular weight is 600 g/mol. The number of nitrogens with zero attached hydrogens (tertiary/aromatic N) is 4. The molecule has 0 spiro atoms. The number of anilines is 1. The summed E-state index contributed by atoms with van der Waals surface area (Å²) in [5, 5.41) is -0.0938. The van der Waals surface area contributed by atoms with Gasteiger partial charge in [0.05, 0.1) is 30.9 Å². The number of halogens is 2. The fourth-order valence-corrected chi connectivity index (χ4v) is 6.57. The fourth-order valence-electron chi connectivity index (χ4n) is 4.99. The molecule has 5 heterocycles. The van der Waals surface area contributed by atoms with Crippen molar-refractivity contribution in [2.24, 2.45) is 0 Å². The second kappa shape index (κ2) is 10.1. The van der Waals surface area contributed by atoms with E-state index in [1.165, 1.54) is 24.5 Å².